The van der Waals surface area contributed by atoms with Gasteiger partial charge >= 0.3 is 0 Å². The van der Waals surface area contributed by atoms with E-state index in [1.54, 1.807) is 31.2 Å². The summed E-state index contributed by atoms with van der Waals surface area (Å²) in [6.45, 7) is 3.28. The first-order valence-corrected chi connectivity index (χ1v) is 5.45. The minimum atomic E-state index is -0.200. The van der Waals surface area contributed by atoms with E-state index in [4.69, 9.17) is 0 Å². The smallest absolute Gasteiger partial charge is 0.159 e. The largest absolute Gasteiger partial charge is 0.295 e. The molecule has 0 aromatic heterocycles. The van der Waals surface area contributed by atoms with Gasteiger partial charge < -0.3 is 0 Å². The van der Waals surface area contributed by atoms with Crippen LogP contribution in [0.25, 0.3) is 11.1 Å². The molecule has 0 atom stereocenters. The molecule has 0 aliphatic carbocycles. The van der Waals surface area contributed by atoms with Crippen molar-refractivity contribution in [3.8, 4) is 11.1 Å². The molecule has 17 heavy (non-hydrogen) atoms. The average Bonchev–Trinajstić information content (AvgIpc) is 2.33. The van der Waals surface area contributed by atoms with Crippen LogP contribution < -0.4 is 0 Å². The number of aryl methyl sites for hydroxylation is 1. The van der Waals surface area contributed by atoms with Crippen molar-refractivity contribution in [3.05, 3.63) is 59.4 Å². The number of hydrogen-bond donors (Lipinski definition) is 0. The van der Waals surface area contributed by atoms with Gasteiger partial charge in [-0.3, -0.25) is 4.79 Å². The number of benzene rings is 2. The molecule has 0 spiro atoms. The van der Waals surface area contributed by atoms with Crippen molar-refractivity contribution in [2.75, 3.05) is 0 Å². The van der Waals surface area contributed by atoms with Crippen LogP contribution in [0.15, 0.2) is 42.5 Å². The molecule has 0 unspecified atom stereocenters. The molecule has 2 aromatic rings. The first-order valence-electron chi connectivity index (χ1n) is 5.45. The summed E-state index contributed by atoms with van der Waals surface area (Å²) in [6.07, 6.45) is 0. The van der Waals surface area contributed by atoms with Crippen molar-refractivity contribution in [2.45, 2.75) is 13.8 Å². The van der Waals surface area contributed by atoms with E-state index < -0.39 is 0 Å². The van der Waals surface area contributed by atoms with Gasteiger partial charge in [0, 0.05) is 5.56 Å². The molecule has 2 rings (SSSR count). The number of carbonyl (C=O) groups excluding carboxylic acids is 1. The Morgan fingerprint density at radius 3 is 2.12 bits per heavy atom. The van der Waals surface area contributed by atoms with Gasteiger partial charge in [0.1, 0.15) is 5.82 Å². The molecule has 0 fully saturated rings. The van der Waals surface area contributed by atoms with Gasteiger partial charge in [0.05, 0.1) is 0 Å². The Bertz CT molecular complexity index is 556. The average molecular weight is 228 g/mol. The van der Waals surface area contributed by atoms with E-state index in [9.17, 15) is 9.18 Å². The molecule has 0 saturated carbocycles. The molecule has 2 aromatic carbocycles. The monoisotopic (exact) mass is 228 g/mol. The molecule has 0 aliphatic heterocycles. The Kier molecular flexibility index (Phi) is 3.05. The second-order valence-corrected chi connectivity index (χ2v) is 4.10. The zero-order valence-electron chi connectivity index (χ0n) is 9.83. The maximum absolute atomic E-state index is 13.1. The fourth-order valence-corrected chi connectivity index (χ4v) is 1.72. The molecular weight excluding hydrogens is 215 g/mol. The van der Waals surface area contributed by atoms with Crippen LogP contribution in [0.3, 0.4) is 0 Å². The van der Waals surface area contributed by atoms with Crippen molar-refractivity contribution in [2.24, 2.45) is 0 Å². The molecule has 0 radical (unpaired) electrons. The second-order valence-electron chi connectivity index (χ2n) is 4.10. The maximum atomic E-state index is 13.1. The van der Waals surface area contributed by atoms with E-state index in [1.165, 1.54) is 13.0 Å². The van der Waals surface area contributed by atoms with Crippen LogP contribution in [0.4, 0.5) is 4.39 Å². The Morgan fingerprint density at radius 1 is 1.00 bits per heavy atom. The molecule has 0 saturated heterocycles. The van der Waals surface area contributed by atoms with Gasteiger partial charge in [-0.15, -0.1) is 0 Å². The molecule has 0 N–H and O–H groups in total. The summed E-state index contributed by atoms with van der Waals surface area (Å²) < 4.78 is 13.1. The fourth-order valence-electron chi connectivity index (χ4n) is 1.72. The lowest BCUT2D eigenvalue weighted by Crippen LogP contribution is -1.91. The zero-order chi connectivity index (χ0) is 12.4. The van der Waals surface area contributed by atoms with Gasteiger partial charge in [-0.25, -0.2) is 4.39 Å². The highest BCUT2D eigenvalue weighted by atomic mass is 19.1. The topological polar surface area (TPSA) is 17.1 Å². The van der Waals surface area contributed by atoms with Crippen LogP contribution in [0.2, 0.25) is 0 Å². The van der Waals surface area contributed by atoms with Crippen LogP contribution in [0.1, 0.15) is 22.8 Å². The van der Waals surface area contributed by atoms with Gasteiger partial charge in [0.2, 0.25) is 0 Å². The quantitative estimate of drug-likeness (QED) is 0.710. The summed E-state index contributed by atoms with van der Waals surface area (Å²) in [6, 6.07) is 12.3. The maximum Gasteiger partial charge on any atom is 0.159 e. The Labute approximate surface area is 99.9 Å². The summed E-state index contributed by atoms with van der Waals surface area (Å²) in [7, 11) is 0. The Balaban J connectivity index is 2.39. The molecule has 2 heteroatoms. The van der Waals surface area contributed by atoms with Crippen molar-refractivity contribution in [3.63, 3.8) is 0 Å². The molecular formula is C15H13FO. The SMILES string of the molecule is CC(=O)c1ccc(-c2ccc(F)c(C)c2)cc1. The molecule has 86 valence electrons. The van der Waals surface area contributed by atoms with E-state index in [0.717, 1.165) is 11.1 Å². The Morgan fingerprint density at radius 2 is 1.59 bits per heavy atom. The summed E-state index contributed by atoms with van der Waals surface area (Å²) >= 11 is 0. The fraction of sp³-hybridized carbons (Fsp3) is 0.133. The summed E-state index contributed by atoms with van der Waals surface area (Å²) in [4.78, 5) is 11.1. The number of rotatable bonds is 2. The van der Waals surface area contributed by atoms with Gasteiger partial charge in [-0.1, -0.05) is 30.3 Å². The number of carbonyl (C=O) groups is 1. The van der Waals surface area contributed by atoms with Gasteiger partial charge in [0.15, 0.2) is 5.78 Å². The van der Waals surface area contributed by atoms with Crippen molar-refractivity contribution >= 4 is 5.78 Å². The molecule has 0 bridgehead atoms. The third-order valence-corrected chi connectivity index (χ3v) is 2.78. The molecule has 1 nitrogen and oxygen atoms in total. The highest BCUT2D eigenvalue weighted by Gasteiger charge is 2.03. The second kappa shape index (κ2) is 4.50. The van der Waals surface area contributed by atoms with Crippen LogP contribution in [0.5, 0.6) is 0 Å². The lowest BCUT2D eigenvalue weighted by atomic mass is 10.0. The minimum absolute atomic E-state index is 0.0480. The van der Waals surface area contributed by atoms with Gasteiger partial charge in [-0.2, -0.15) is 0 Å². The number of ketones is 1. The third-order valence-electron chi connectivity index (χ3n) is 2.78. The van der Waals surface area contributed by atoms with Gasteiger partial charge in [0.25, 0.3) is 0 Å². The van der Waals surface area contributed by atoms with Gasteiger partial charge in [-0.05, 0) is 42.7 Å². The highest BCUT2D eigenvalue weighted by molar-refractivity contribution is 5.94. The first kappa shape index (κ1) is 11.5. The standard InChI is InChI=1S/C15H13FO/c1-10-9-14(7-8-15(10)16)13-5-3-12(4-6-13)11(2)17/h3-9H,1-2H3. The Hall–Kier alpha value is -1.96. The predicted octanol–water partition coefficient (Wildman–Crippen LogP) is 4.00. The van der Waals surface area contributed by atoms with E-state index in [2.05, 4.69) is 0 Å². The lowest BCUT2D eigenvalue weighted by Gasteiger charge is -2.04. The lowest BCUT2D eigenvalue weighted by molar-refractivity contribution is 0.101. The van der Waals surface area contributed by atoms with Crippen LogP contribution in [0, 0.1) is 12.7 Å². The number of Topliss-reactive ketones (excluding diaryl/α,β-unsaturated/α-hetero) is 1. The molecule has 0 heterocycles. The summed E-state index contributed by atoms with van der Waals surface area (Å²) in [5.74, 6) is -0.152. The van der Waals surface area contributed by atoms with E-state index in [-0.39, 0.29) is 11.6 Å². The van der Waals surface area contributed by atoms with Crippen LogP contribution in [-0.2, 0) is 0 Å². The van der Waals surface area contributed by atoms with E-state index in [0.29, 0.717) is 11.1 Å². The third kappa shape index (κ3) is 2.41. The van der Waals surface area contributed by atoms with Crippen LogP contribution >= 0.6 is 0 Å². The minimum Gasteiger partial charge on any atom is -0.295 e. The summed E-state index contributed by atoms with van der Waals surface area (Å²) in [5.41, 5.74) is 3.25. The van der Waals surface area contributed by atoms with E-state index in [1.807, 2.05) is 12.1 Å². The van der Waals surface area contributed by atoms with Crippen LogP contribution in [-0.4, -0.2) is 5.78 Å². The molecule has 0 aliphatic rings. The zero-order valence-corrected chi connectivity index (χ0v) is 9.83. The van der Waals surface area contributed by atoms with Crippen molar-refractivity contribution in [1.29, 1.82) is 0 Å². The molecule has 0 amide bonds. The first-order chi connectivity index (χ1) is 8.08. The van der Waals surface area contributed by atoms with E-state index >= 15 is 0 Å². The van der Waals surface area contributed by atoms with Crippen molar-refractivity contribution < 1.29 is 9.18 Å². The summed E-state index contributed by atoms with van der Waals surface area (Å²) in [5, 5.41) is 0. The predicted molar refractivity (Wildman–Crippen MR) is 66.6 cm³/mol. The highest BCUT2D eigenvalue weighted by Crippen LogP contribution is 2.22. The number of hydrogen-bond acceptors (Lipinski definition) is 1. The normalized spacial score (nSPS) is 10.3. The van der Waals surface area contributed by atoms with Crippen molar-refractivity contribution in [1.82, 2.24) is 0 Å². The number of halogens is 1.